The van der Waals surface area contributed by atoms with Crippen molar-refractivity contribution >= 4 is 49.9 Å². The molecule has 5 rings (SSSR count). The zero-order valence-electron chi connectivity index (χ0n) is 16.7. The molecule has 0 aliphatic heterocycles. The first-order chi connectivity index (χ1) is 15.0. The van der Waals surface area contributed by atoms with Crippen LogP contribution in [0.5, 0.6) is 0 Å². The van der Waals surface area contributed by atoms with Gasteiger partial charge in [-0.1, -0.05) is 28.1 Å². The molecule has 0 aliphatic carbocycles. The van der Waals surface area contributed by atoms with Crippen molar-refractivity contribution in [1.29, 1.82) is 0 Å². The van der Waals surface area contributed by atoms with E-state index in [1.54, 1.807) is 24.3 Å². The molecule has 0 saturated carbocycles. The maximum atomic E-state index is 13.2. The average Bonchev–Trinajstić information content (AvgIpc) is 3.40. The maximum absolute atomic E-state index is 13.2. The van der Waals surface area contributed by atoms with Gasteiger partial charge in [-0.05, 0) is 42.5 Å². The highest BCUT2D eigenvalue weighted by Crippen LogP contribution is 2.29. The molecule has 0 aliphatic rings. The second kappa shape index (κ2) is 7.55. The molecule has 3 aromatic heterocycles. The predicted molar refractivity (Wildman–Crippen MR) is 125 cm³/mol. The molecule has 2 aromatic carbocycles. The molecule has 0 N–H and O–H groups in total. The number of anilines is 1. The van der Waals surface area contributed by atoms with Gasteiger partial charge >= 0.3 is 0 Å². The van der Waals surface area contributed by atoms with Crippen molar-refractivity contribution in [3.63, 3.8) is 0 Å². The van der Waals surface area contributed by atoms with E-state index < -0.39 is 0 Å². The van der Waals surface area contributed by atoms with Crippen LogP contribution in [-0.2, 0) is 0 Å². The van der Waals surface area contributed by atoms with Crippen LogP contribution in [0.3, 0.4) is 0 Å². The number of fused-ring (bicyclic) bond motifs is 2. The van der Waals surface area contributed by atoms with Crippen LogP contribution >= 0.6 is 15.9 Å². The van der Waals surface area contributed by atoms with Crippen LogP contribution in [0, 0.1) is 0 Å². The number of para-hydroxylation sites is 1. The summed E-state index contributed by atoms with van der Waals surface area (Å²) in [5.41, 5.74) is 0.971. The van der Waals surface area contributed by atoms with Gasteiger partial charge in [0, 0.05) is 30.0 Å². The molecule has 0 amide bonds. The number of benzene rings is 2. The number of hydrogen-bond acceptors (Lipinski definition) is 6. The molecule has 0 saturated heterocycles. The average molecular weight is 477 g/mol. The lowest BCUT2D eigenvalue weighted by Crippen LogP contribution is -2.20. The molecule has 154 valence electrons. The van der Waals surface area contributed by atoms with Crippen LogP contribution < -0.4 is 10.5 Å². The molecule has 7 nitrogen and oxygen atoms in total. The second-order valence-electron chi connectivity index (χ2n) is 7.18. The molecule has 8 heteroatoms. The summed E-state index contributed by atoms with van der Waals surface area (Å²) in [6.45, 7) is 0. The standard InChI is InChI=1S/C23H17BrN4O3/c1-27(2)21-10-8-16(30-21)13-25-28-22(26-18-6-4-3-5-17(18)23(28)29)20-12-14-11-15(24)7-9-19(14)31-20/h3-13H,1-2H3. The van der Waals surface area contributed by atoms with E-state index in [1.807, 2.05) is 55.4 Å². The smallest absolute Gasteiger partial charge is 0.282 e. The highest BCUT2D eigenvalue weighted by atomic mass is 79.9. The van der Waals surface area contributed by atoms with Gasteiger partial charge in [-0.2, -0.15) is 9.78 Å². The van der Waals surface area contributed by atoms with Crippen LogP contribution in [0.4, 0.5) is 5.88 Å². The molecule has 31 heavy (non-hydrogen) atoms. The van der Waals surface area contributed by atoms with Gasteiger partial charge < -0.3 is 13.7 Å². The van der Waals surface area contributed by atoms with E-state index in [0.717, 1.165) is 9.86 Å². The first-order valence-electron chi connectivity index (χ1n) is 9.52. The number of aromatic nitrogens is 2. The van der Waals surface area contributed by atoms with Crippen LogP contribution in [0.1, 0.15) is 5.76 Å². The number of nitrogens with zero attached hydrogens (tertiary/aromatic N) is 4. The van der Waals surface area contributed by atoms with Gasteiger partial charge in [-0.3, -0.25) is 4.79 Å². The summed E-state index contributed by atoms with van der Waals surface area (Å²) < 4.78 is 13.9. The Morgan fingerprint density at radius 2 is 1.90 bits per heavy atom. The van der Waals surface area contributed by atoms with E-state index in [-0.39, 0.29) is 5.56 Å². The quantitative estimate of drug-likeness (QED) is 0.336. The molecule has 0 unspecified atom stereocenters. The third-order valence-corrected chi connectivity index (χ3v) is 5.30. The van der Waals surface area contributed by atoms with Crippen molar-refractivity contribution < 1.29 is 8.83 Å². The molecule has 0 radical (unpaired) electrons. The molecule has 0 bridgehead atoms. The van der Waals surface area contributed by atoms with E-state index in [2.05, 4.69) is 26.0 Å². The van der Waals surface area contributed by atoms with Crippen LogP contribution in [-0.4, -0.2) is 30.0 Å². The van der Waals surface area contributed by atoms with E-state index in [9.17, 15) is 4.79 Å². The molecular weight excluding hydrogens is 460 g/mol. The first kappa shape index (κ1) is 19.3. The Hall–Kier alpha value is -3.65. The first-order valence-corrected chi connectivity index (χ1v) is 10.3. The summed E-state index contributed by atoms with van der Waals surface area (Å²) in [6, 6.07) is 18.3. The summed E-state index contributed by atoms with van der Waals surface area (Å²) in [5.74, 6) is 1.96. The van der Waals surface area contributed by atoms with Crippen molar-refractivity contribution in [2.45, 2.75) is 0 Å². The van der Waals surface area contributed by atoms with Crippen molar-refractivity contribution in [3.8, 4) is 11.6 Å². The molecule has 3 heterocycles. The Kier molecular flexibility index (Phi) is 4.71. The van der Waals surface area contributed by atoms with Gasteiger partial charge in [-0.15, -0.1) is 0 Å². The minimum atomic E-state index is -0.294. The highest BCUT2D eigenvalue weighted by Gasteiger charge is 2.16. The fourth-order valence-corrected chi connectivity index (χ4v) is 3.66. The Morgan fingerprint density at radius 3 is 2.71 bits per heavy atom. The normalized spacial score (nSPS) is 11.7. The summed E-state index contributed by atoms with van der Waals surface area (Å²) >= 11 is 3.47. The van der Waals surface area contributed by atoms with Crippen LogP contribution in [0.15, 0.2) is 83.9 Å². The lowest BCUT2D eigenvalue weighted by atomic mass is 10.2. The fraction of sp³-hybridized carbons (Fsp3) is 0.0870. The van der Waals surface area contributed by atoms with E-state index in [0.29, 0.717) is 39.7 Å². The van der Waals surface area contributed by atoms with Crippen molar-refractivity contribution in [3.05, 3.63) is 81.3 Å². The van der Waals surface area contributed by atoms with E-state index >= 15 is 0 Å². The fourth-order valence-electron chi connectivity index (χ4n) is 3.28. The SMILES string of the molecule is CN(C)c1ccc(C=Nn2c(-c3cc4cc(Br)ccc4o3)nc3ccccc3c2=O)o1. The van der Waals surface area contributed by atoms with E-state index in [4.69, 9.17) is 8.83 Å². The lowest BCUT2D eigenvalue weighted by molar-refractivity contribution is 0.557. The summed E-state index contributed by atoms with van der Waals surface area (Å²) in [7, 11) is 3.77. The maximum Gasteiger partial charge on any atom is 0.282 e. The second-order valence-corrected chi connectivity index (χ2v) is 8.09. The topological polar surface area (TPSA) is 76.8 Å². The van der Waals surface area contributed by atoms with Gasteiger partial charge in [0.25, 0.3) is 5.56 Å². The highest BCUT2D eigenvalue weighted by molar-refractivity contribution is 9.10. The Bertz CT molecular complexity index is 1510. The van der Waals surface area contributed by atoms with Crippen molar-refractivity contribution in [1.82, 2.24) is 9.66 Å². The molecule has 5 aromatic rings. The van der Waals surface area contributed by atoms with Gasteiger partial charge in [0.05, 0.1) is 17.1 Å². The van der Waals surface area contributed by atoms with Gasteiger partial charge in [0.1, 0.15) is 11.3 Å². The zero-order chi connectivity index (χ0) is 21.5. The van der Waals surface area contributed by atoms with Gasteiger partial charge in [0.15, 0.2) is 11.6 Å². The van der Waals surface area contributed by atoms with Crippen molar-refractivity contribution in [2.75, 3.05) is 19.0 Å². The summed E-state index contributed by atoms with van der Waals surface area (Å²) in [6.07, 6.45) is 1.49. The third-order valence-electron chi connectivity index (χ3n) is 4.81. The van der Waals surface area contributed by atoms with Crippen LogP contribution in [0.2, 0.25) is 0 Å². The largest absolute Gasteiger partial charge is 0.453 e. The predicted octanol–water partition coefficient (Wildman–Crippen LogP) is 5.11. The molecule has 0 fully saturated rings. The Morgan fingerprint density at radius 1 is 1.06 bits per heavy atom. The number of furan rings is 2. The number of halogens is 1. The monoisotopic (exact) mass is 476 g/mol. The summed E-state index contributed by atoms with van der Waals surface area (Å²) in [4.78, 5) is 19.8. The summed E-state index contributed by atoms with van der Waals surface area (Å²) in [5, 5.41) is 5.76. The number of rotatable bonds is 4. The Balaban J connectivity index is 1.70. The van der Waals surface area contributed by atoms with E-state index in [1.165, 1.54) is 10.9 Å². The number of hydrogen-bond donors (Lipinski definition) is 0. The van der Waals surface area contributed by atoms with Gasteiger partial charge in [-0.25, -0.2) is 4.98 Å². The minimum absolute atomic E-state index is 0.294. The molecule has 0 spiro atoms. The van der Waals surface area contributed by atoms with Crippen molar-refractivity contribution in [2.24, 2.45) is 5.10 Å². The van der Waals surface area contributed by atoms with Gasteiger partial charge in [0.2, 0.25) is 5.82 Å². The lowest BCUT2D eigenvalue weighted by Gasteiger charge is -2.07. The molecule has 0 atom stereocenters. The zero-order valence-corrected chi connectivity index (χ0v) is 18.3. The van der Waals surface area contributed by atoms with Crippen LogP contribution in [0.25, 0.3) is 33.5 Å². The molecular formula is C23H17BrN4O3. The third kappa shape index (κ3) is 3.55. The minimum Gasteiger partial charge on any atom is -0.453 e. The Labute approximate surface area is 185 Å².